The van der Waals surface area contributed by atoms with Gasteiger partial charge in [-0.3, -0.25) is 0 Å². The first-order valence-corrected chi connectivity index (χ1v) is 7.44. The van der Waals surface area contributed by atoms with Crippen molar-refractivity contribution < 1.29 is 32.2 Å². The number of hydrogen-bond donors (Lipinski definition) is 2. The van der Waals surface area contributed by atoms with Crippen LogP contribution in [0.15, 0.2) is 23.1 Å². The lowest BCUT2D eigenvalue weighted by Gasteiger charge is -2.21. The van der Waals surface area contributed by atoms with Crippen molar-refractivity contribution >= 4 is 27.6 Å². The number of aliphatic hydroxyl groups is 1. The largest absolute Gasteiger partial charge is 0.478 e. The Bertz CT molecular complexity index is 623. The number of carboxylic acid groups (broad SMARTS) is 1. The van der Waals surface area contributed by atoms with Crippen LogP contribution < -0.4 is 0 Å². The number of hydrogen-bond acceptors (Lipinski definition) is 4. The van der Waals surface area contributed by atoms with E-state index in [4.69, 9.17) is 21.8 Å². The van der Waals surface area contributed by atoms with Gasteiger partial charge in [0.05, 0.1) is 28.6 Å². The van der Waals surface area contributed by atoms with Gasteiger partial charge in [-0.25, -0.2) is 22.0 Å². The van der Waals surface area contributed by atoms with Gasteiger partial charge < -0.3 is 10.2 Å². The second-order valence-electron chi connectivity index (χ2n) is 3.92. The lowest BCUT2D eigenvalue weighted by Crippen LogP contribution is -2.37. The van der Waals surface area contributed by atoms with Crippen LogP contribution >= 0.6 is 11.6 Å². The van der Waals surface area contributed by atoms with E-state index >= 15 is 0 Å². The third-order valence-electron chi connectivity index (χ3n) is 2.50. The van der Waals surface area contributed by atoms with Crippen LogP contribution in [0.2, 0.25) is 5.02 Å². The number of sulfonamides is 1. The number of carboxylic acids is 1. The van der Waals surface area contributed by atoms with Crippen molar-refractivity contribution in [2.24, 2.45) is 0 Å². The zero-order chi connectivity index (χ0) is 16.2. The van der Waals surface area contributed by atoms with Gasteiger partial charge in [-0.1, -0.05) is 11.6 Å². The molecule has 0 aliphatic heterocycles. The molecule has 0 heterocycles. The lowest BCUT2D eigenvalue weighted by atomic mass is 10.2. The van der Waals surface area contributed by atoms with Crippen molar-refractivity contribution in [1.82, 2.24) is 4.31 Å². The minimum Gasteiger partial charge on any atom is -0.478 e. The summed E-state index contributed by atoms with van der Waals surface area (Å²) < 4.78 is 49.6. The van der Waals surface area contributed by atoms with E-state index in [0.29, 0.717) is 4.31 Å². The monoisotopic (exact) mass is 343 g/mol. The van der Waals surface area contributed by atoms with Crippen molar-refractivity contribution in [3.8, 4) is 0 Å². The predicted octanol–water partition coefficient (Wildman–Crippen LogP) is 1.29. The Balaban J connectivity index is 3.27. The molecule has 10 heteroatoms. The van der Waals surface area contributed by atoms with E-state index in [1.54, 1.807) is 0 Å². The molecule has 2 N–H and O–H groups in total. The second kappa shape index (κ2) is 7.12. The molecule has 0 aliphatic rings. The van der Waals surface area contributed by atoms with E-state index in [0.717, 1.165) is 18.2 Å². The summed E-state index contributed by atoms with van der Waals surface area (Å²) in [5.41, 5.74) is -0.460. The molecule has 0 saturated heterocycles. The van der Waals surface area contributed by atoms with Gasteiger partial charge in [-0.05, 0) is 18.2 Å². The molecule has 0 bridgehead atoms. The third kappa shape index (κ3) is 4.34. The summed E-state index contributed by atoms with van der Waals surface area (Å²) in [6.07, 6.45) is -2.93. The van der Waals surface area contributed by atoms with Crippen LogP contribution in [-0.4, -0.2) is 55.0 Å². The summed E-state index contributed by atoms with van der Waals surface area (Å²) >= 11 is 5.62. The Kier molecular flexibility index (Phi) is 6.02. The van der Waals surface area contributed by atoms with Gasteiger partial charge in [-0.15, -0.1) is 0 Å². The highest BCUT2D eigenvalue weighted by Crippen LogP contribution is 2.23. The minimum absolute atomic E-state index is 0.177. The first kappa shape index (κ1) is 17.8. The molecule has 0 amide bonds. The van der Waals surface area contributed by atoms with Gasteiger partial charge in [0.25, 0.3) is 6.43 Å². The summed E-state index contributed by atoms with van der Waals surface area (Å²) in [4.78, 5) is 10.4. The van der Waals surface area contributed by atoms with Crippen LogP contribution in [0.25, 0.3) is 0 Å². The molecule has 0 unspecified atom stereocenters. The Labute approximate surface area is 124 Å². The number of benzene rings is 1. The number of aromatic carboxylic acids is 1. The number of carbonyl (C=O) groups is 1. The van der Waals surface area contributed by atoms with Gasteiger partial charge in [0, 0.05) is 6.54 Å². The van der Waals surface area contributed by atoms with Crippen molar-refractivity contribution in [1.29, 1.82) is 0 Å². The smallest absolute Gasteiger partial charge is 0.337 e. The first-order valence-electron chi connectivity index (χ1n) is 5.62. The van der Waals surface area contributed by atoms with E-state index in [9.17, 15) is 22.0 Å². The van der Waals surface area contributed by atoms with Crippen LogP contribution in [0.1, 0.15) is 10.4 Å². The first-order chi connectivity index (χ1) is 9.70. The molecule has 1 rings (SSSR count). The molecule has 0 saturated carbocycles. The Hall–Kier alpha value is -1.29. The van der Waals surface area contributed by atoms with Crippen LogP contribution in [0.4, 0.5) is 8.78 Å². The molecule has 6 nitrogen and oxygen atoms in total. The maximum atomic E-state index is 12.4. The van der Waals surface area contributed by atoms with E-state index in [-0.39, 0.29) is 5.02 Å². The normalized spacial score (nSPS) is 12.1. The third-order valence-corrected chi connectivity index (χ3v) is 4.69. The molecule has 0 aromatic heterocycles. The number of alkyl halides is 2. The molecule has 1 aromatic rings. The SMILES string of the molecule is O=C(O)c1cc(S(=O)(=O)N(CCO)CC(F)F)ccc1Cl. The van der Waals surface area contributed by atoms with Gasteiger partial charge in [-0.2, -0.15) is 4.31 Å². The second-order valence-corrected chi connectivity index (χ2v) is 6.27. The number of aliphatic hydroxyl groups excluding tert-OH is 1. The van der Waals surface area contributed by atoms with Crippen LogP contribution in [0.5, 0.6) is 0 Å². The highest BCUT2D eigenvalue weighted by molar-refractivity contribution is 7.89. The van der Waals surface area contributed by atoms with Crippen molar-refractivity contribution in [3.63, 3.8) is 0 Å². The average Bonchev–Trinajstić information content (AvgIpc) is 2.37. The van der Waals surface area contributed by atoms with E-state index in [2.05, 4.69) is 0 Å². The average molecular weight is 344 g/mol. The molecule has 21 heavy (non-hydrogen) atoms. The van der Waals surface area contributed by atoms with Crippen LogP contribution in [0.3, 0.4) is 0 Å². The summed E-state index contributed by atoms with van der Waals surface area (Å²) in [5, 5.41) is 17.5. The summed E-state index contributed by atoms with van der Waals surface area (Å²) in [7, 11) is -4.36. The summed E-state index contributed by atoms with van der Waals surface area (Å²) in [5.74, 6) is -1.44. The van der Waals surface area contributed by atoms with Crippen molar-refractivity contribution in [3.05, 3.63) is 28.8 Å². The van der Waals surface area contributed by atoms with Crippen LogP contribution in [0, 0.1) is 0 Å². The van der Waals surface area contributed by atoms with E-state index in [1.807, 2.05) is 0 Å². The number of nitrogens with zero attached hydrogens (tertiary/aromatic N) is 1. The summed E-state index contributed by atoms with van der Waals surface area (Å²) in [6, 6.07) is 2.85. The Morgan fingerprint density at radius 2 is 2.00 bits per heavy atom. The Morgan fingerprint density at radius 3 is 2.48 bits per heavy atom. The summed E-state index contributed by atoms with van der Waals surface area (Å²) in [6.45, 7) is -2.28. The number of halogens is 3. The van der Waals surface area contributed by atoms with Gasteiger partial charge in [0.15, 0.2) is 0 Å². The highest BCUT2D eigenvalue weighted by atomic mass is 35.5. The van der Waals surface area contributed by atoms with Crippen LogP contribution in [-0.2, 0) is 10.0 Å². The zero-order valence-electron chi connectivity index (χ0n) is 10.5. The van der Waals surface area contributed by atoms with E-state index in [1.165, 1.54) is 0 Å². The fourth-order valence-electron chi connectivity index (χ4n) is 1.55. The molecular weight excluding hydrogens is 332 g/mol. The minimum atomic E-state index is -4.36. The van der Waals surface area contributed by atoms with Gasteiger partial charge >= 0.3 is 5.97 Å². The molecule has 0 fully saturated rings. The molecule has 118 valence electrons. The molecule has 0 aliphatic carbocycles. The van der Waals surface area contributed by atoms with Crippen molar-refractivity contribution in [2.75, 3.05) is 19.7 Å². The molecule has 0 atom stereocenters. The molecule has 0 radical (unpaired) electrons. The fraction of sp³-hybridized carbons (Fsp3) is 0.364. The van der Waals surface area contributed by atoms with E-state index < -0.39 is 52.6 Å². The number of rotatable bonds is 7. The highest BCUT2D eigenvalue weighted by Gasteiger charge is 2.28. The standard InChI is InChI=1S/C11H12ClF2NO5S/c12-9-2-1-7(5-8(9)11(17)18)21(19,20)15(3-4-16)6-10(13)14/h1-2,5,10,16H,3-4,6H2,(H,17,18). The fourth-order valence-corrected chi connectivity index (χ4v) is 3.19. The Morgan fingerprint density at radius 1 is 1.38 bits per heavy atom. The van der Waals surface area contributed by atoms with Gasteiger partial charge in [0.2, 0.25) is 10.0 Å². The quantitative estimate of drug-likeness (QED) is 0.777. The van der Waals surface area contributed by atoms with Crippen molar-refractivity contribution in [2.45, 2.75) is 11.3 Å². The lowest BCUT2D eigenvalue weighted by molar-refractivity contribution is 0.0696. The molecular formula is C11H12ClF2NO5S. The maximum Gasteiger partial charge on any atom is 0.337 e. The predicted molar refractivity (Wildman–Crippen MR) is 70.3 cm³/mol. The maximum absolute atomic E-state index is 12.4. The zero-order valence-corrected chi connectivity index (χ0v) is 12.1. The molecule has 0 spiro atoms. The topological polar surface area (TPSA) is 94.9 Å². The van der Waals surface area contributed by atoms with Gasteiger partial charge in [0.1, 0.15) is 0 Å². The molecule has 1 aromatic carbocycles.